The number of urea groups is 1. The van der Waals surface area contributed by atoms with E-state index in [1.165, 1.54) is 0 Å². The monoisotopic (exact) mass is 275 g/mol. The highest BCUT2D eigenvalue weighted by molar-refractivity contribution is 5.94. The van der Waals surface area contributed by atoms with Gasteiger partial charge in [0, 0.05) is 26.3 Å². The van der Waals surface area contributed by atoms with Crippen LogP contribution < -0.4 is 5.32 Å². The second-order valence-corrected chi connectivity index (χ2v) is 5.38. The lowest BCUT2D eigenvalue weighted by atomic mass is 10.2. The Morgan fingerprint density at radius 1 is 1.35 bits per heavy atom. The molecule has 5 heteroatoms. The van der Waals surface area contributed by atoms with Gasteiger partial charge in [-0.05, 0) is 37.5 Å². The molecule has 1 heterocycles. The first-order chi connectivity index (χ1) is 9.49. The van der Waals surface area contributed by atoms with E-state index in [0.717, 1.165) is 24.1 Å². The minimum atomic E-state index is -0.338. The molecule has 0 bridgehead atoms. The molecule has 0 aliphatic carbocycles. The van der Waals surface area contributed by atoms with Crippen molar-refractivity contribution in [1.82, 2.24) is 9.80 Å². The summed E-state index contributed by atoms with van der Waals surface area (Å²) >= 11 is 0. The van der Waals surface area contributed by atoms with Gasteiger partial charge in [-0.3, -0.25) is 4.79 Å². The standard InChI is InChI=1S/C15H21N3O2/c1-11-6-4-7-12(10-11)16-15(20)18-9-5-8-13(18)14(19)17(2)3/h4,6-7,10,13H,5,8-9H2,1-3H3,(H,16,20). The number of hydrogen-bond acceptors (Lipinski definition) is 2. The highest BCUT2D eigenvalue weighted by Crippen LogP contribution is 2.20. The Bertz CT molecular complexity index is 514. The average molecular weight is 275 g/mol. The average Bonchev–Trinajstić information content (AvgIpc) is 2.86. The SMILES string of the molecule is Cc1cccc(NC(=O)N2CCCC2C(=O)N(C)C)c1. The fourth-order valence-electron chi connectivity index (χ4n) is 2.48. The number of likely N-dealkylation sites (tertiary alicyclic amines) is 1. The summed E-state index contributed by atoms with van der Waals surface area (Å²) in [6, 6.07) is 7.10. The van der Waals surface area contributed by atoms with E-state index in [1.807, 2.05) is 31.2 Å². The third kappa shape index (κ3) is 3.10. The molecule has 2 rings (SSSR count). The van der Waals surface area contributed by atoms with E-state index in [2.05, 4.69) is 5.32 Å². The number of nitrogens with one attached hydrogen (secondary N) is 1. The van der Waals surface area contributed by atoms with E-state index >= 15 is 0 Å². The molecule has 1 N–H and O–H groups in total. The van der Waals surface area contributed by atoms with Gasteiger partial charge in [0.05, 0.1) is 0 Å². The molecule has 1 saturated heterocycles. The first-order valence-corrected chi connectivity index (χ1v) is 6.84. The van der Waals surface area contributed by atoms with Crippen LogP contribution in [0.4, 0.5) is 10.5 Å². The summed E-state index contributed by atoms with van der Waals surface area (Å²) in [5.41, 5.74) is 1.85. The molecule has 1 atom stereocenters. The van der Waals surface area contributed by atoms with Crippen LogP contribution in [0.25, 0.3) is 0 Å². The van der Waals surface area contributed by atoms with Crippen molar-refractivity contribution in [2.24, 2.45) is 0 Å². The Balaban J connectivity index is 2.06. The number of carbonyl (C=O) groups is 2. The molecule has 1 aliphatic heterocycles. The summed E-state index contributed by atoms with van der Waals surface area (Å²) in [4.78, 5) is 27.6. The summed E-state index contributed by atoms with van der Waals surface area (Å²) in [5, 5.41) is 2.86. The molecule has 0 saturated carbocycles. The first-order valence-electron chi connectivity index (χ1n) is 6.84. The van der Waals surface area contributed by atoms with Gasteiger partial charge < -0.3 is 15.1 Å². The van der Waals surface area contributed by atoms with Crippen LogP contribution in [0.1, 0.15) is 18.4 Å². The summed E-state index contributed by atoms with van der Waals surface area (Å²) in [6.45, 7) is 2.60. The fraction of sp³-hybridized carbons (Fsp3) is 0.467. The van der Waals surface area contributed by atoms with E-state index in [9.17, 15) is 9.59 Å². The van der Waals surface area contributed by atoms with E-state index < -0.39 is 0 Å². The Kier molecular flexibility index (Phi) is 4.27. The Morgan fingerprint density at radius 2 is 2.10 bits per heavy atom. The van der Waals surface area contributed by atoms with Gasteiger partial charge >= 0.3 is 6.03 Å². The third-order valence-corrected chi connectivity index (χ3v) is 3.51. The molecule has 20 heavy (non-hydrogen) atoms. The van der Waals surface area contributed by atoms with Crippen LogP contribution >= 0.6 is 0 Å². The Morgan fingerprint density at radius 3 is 2.75 bits per heavy atom. The van der Waals surface area contributed by atoms with Gasteiger partial charge in [0.1, 0.15) is 6.04 Å². The highest BCUT2D eigenvalue weighted by Gasteiger charge is 2.34. The molecule has 108 valence electrons. The van der Waals surface area contributed by atoms with E-state index in [1.54, 1.807) is 23.9 Å². The zero-order valence-electron chi connectivity index (χ0n) is 12.2. The second kappa shape index (κ2) is 5.94. The van der Waals surface area contributed by atoms with Crippen LogP contribution in [0.5, 0.6) is 0 Å². The van der Waals surface area contributed by atoms with E-state index in [0.29, 0.717) is 6.54 Å². The highest BCUT2D eigenvalue weighted by atomic mass is 16.2. The van der Waals surface area contributed by atoms with Gasteiger partial charge in [-0.1, -0.05) is 12.1 Å². The molecule has 0 spiro atoms. The zero-order chi connectivity index (χ0) is 14.7. The second-order valence-electron chi connectivity index (χ2n) is 5.38. The molecule has 3 amide bonds. The number of rotatable bonds is 2. The number of anilines is 1. The van der Waals surface area contributed by atoms with Gasteiger partial charge in [0.2, 0.25) is 5.91 Å². The molecule has 1 aromatic carbocycles. The minimum Gasteiger partial charge on any atom is -0.347 e. The summed E-state index contributed by atoms with van der Waals surface area (Å²) in [7, 11) is 3.44. The normalized spacial score (nSPS) is 17.9. The van der Waals surface area contributed by atoms with Gasteiger partial charge in [-0.2, -0.15) is 0 Å². The largest absolute Gasteiger partial charge is 0.347 e. The third-order valence-electron chi connectivity index (χ3n) is 3.51. The number of benzene rings is 1. The van der Waals surface area contributed by atoms with Crippen LogP contribution in [0, 0.1) is 6.92 Å². The van der Waals surface area contributed by atoms with Crippen LogP contribution in [-0.4, -0.2) is 48.4 Å². The number of aryl methyl sites for hydroxylation is 1. The van der Waals surface area contributed by atoms with Crippen molar-refractivity contribution in [3.63, 3.8) is 0 Å². The number of nitrogens with zero attached hydrogens (tertiary/aromatic N) is 2. The molecule has 0 aromatic heterocycles. The summed E-state index contributed by atoms with van der Waals surface area (Å²) in [5.74, 6) is -0.0121. The van der Waals surface area contributed by atoms with Gasteiger partial charge in [0.15, 0.2) is 0 Å². The van der Waals surface area contributed by atoms with Crippen molar-refractivity contribution >= 4 is 17.6 Å². The maximum atomic E-state index is 12.3. The van der Waals surface area contributed by atoms with Crippen LogP contribution in [-0.2, 0) is 4.79 Å². The van der Waals surface area contributed by atoms with Gasteiger partial charge in [0.25, 0.3) is 0 Å². The number of likely N-dealkylation sites (N-methyl/N-ethyl adjacent to an activating group) is 1. The topological polar surface area (TPSA) is 52.7 Å². The van der Waals surface area contributed by atoms with Crippen LogP contribution in [0.2, 0.25) is 0 Å². The molecule has 0 radical (unpaired) electrons. The van der Waals surface area contributed by atoms with Crippen molar-refractivity contribution in [2.45, 2.75) is 25.8 Å². The predicted octanol–water partition coefficient (Wildman–Crippen LogP) is 2.08. The van der Waals surface area contributed by atoms with Crippen molar-refractivity contribution < 1.29 is 9.59 Å². The quantitative estimate of drug-likeness (QED) is 0.898. The number of amides is 3. The lowest BCUT2D eigenvalue weighted by Crippen LogP contribution is -2.47. The van der Waals surface area contributed by atoms with E-state index in [4.69, 9.17) is 0 Å². The summed E-state index contributed by atoms with van der Waals surface area (Å²) < 4.78 is 0. The van der Waals surface area contributed by atoms with E-state index in [-0.39, 0.29) is 18.0 Å². The number of hydrogen-bond donors (Lipinski definition) is 1. The fourth-order valence-corrected chi connectivity index (χ4v) is 2.48. The zero-order valence-corrected chi connectivity index (χ0v) is 12.2. The van der Waals surface area contributed by atoms with Crippen molar-refractivity contribution in [1.29, 1.82) is 0 Å². The first kappa shape index (κ1) is 14.4. The molecule has 1 aliphatic rings. The molecular formula is C15H21N3O2. The molecule has 5 nitrogen and oxygen atoms in total. The maximum absolute atomic E-state index is 12.3. The lowest BCUT2D eigenvalue weighted by molar-refractivity contribution is -0.132. The van der Waals surface area contributed by atoms with Crippen LogP contribution in [0.15, 0.2) is 24.3 Å². The molecular weight excluding hydrogens is 254 g/mol. The molecule has 1 aromatic rings. The minimum absolute atomic E-state index is 0.0121. The van der Waals surface area contributed by atoms with Gasteiger partial charge in [-0.25, -0.2) is 4.79 Å². The molecule has 1 fully saturated rings. The summed E-state index contributed by atoms with van der Waals surface area (Å²) in [6.07, 6.45) is 1.60. The van der Waals surface area contributed by atoms with Crippen LogP contribution in [0.3, 0.4) is 0 Å². The predicted molar refractivity (Wildman–Crippen MR) is 78.6 cm³/mol. The number of carbonyl (C=O) groups excluding carboxylic acids is 2. The lowest BCUT2D eigenvalue weighted by Gasteiger charge is -2.26. The molecule has 1 unspecified atom stereocenters. The van der Waals surface area contributed by atoms with Crippen molar-refractivity contribution in [2.75, 3.05) is 26.0 Å². The smallest absolute Gasteiger partial charge is 0.322 e. The maximum Gasteiger partial charge on any atom is 0.322 e. The Labute approximate surface area is 119 Å². The van der Waals surface area contributed by atoms with Crippen molar-refractivity contribution in [3.8, 4) is 0 Å². The Hall–Kier alpha value is -2.04. The van der Waals surface area contributed by atoms with Gasteiger partial charge in [-0.15, -0.1) is 0 Å². The van der Waals surface area contributed by atoms with Crippen molar-refractivity contribution in [3.05, 3.63) is 29.8 Å².